The summed E-state index contributed by atoms with van der Waals surface area (Å²) in [6.07, 6.45) is 4.16. The highest BCUT2D eigenvalue weighted by atomic mass is 32.2. The average Bonchev–Trinajstić information content (AvgIpc) is 3.21. The molecule has 1 atom stereocenters. The van der Waals surface area contributed by atoms with Crippen molar-refractivity contribution >= 4 is 45.3 Å². The first-order valence-electron chi connectivity index (χ1n) is 9.07. The van der Waals surface area contributed by atoms with E-state index < -0.39 is 11.3 Å². The number of nitrogens with one attached hydrogen (secondary N) is 3. The van der Waals surface area contributed by atoms with Crippen LogP contribution in [0.1, 0.15) is 48.9 Å². The van der Waals surface area contributed by atoms with Crippen LogP contribution in [0.25, 0.3) is 10.2 Å². The SMILES string of the molecule is Cc1sc2nc(CS[C@@H](C)C(=O)NC(=O)NC3CCCC3)[nH]c(=O)c2c1C. The van der Waals surface area contributed by atoms with Gasteiger partial charge in [0.05, 0.1) is 16.4 Å². The lowest BCUT2D eigenvalue weighted by Gasteiger charge is -2.14. The number of aryl methyl sites for hydroxylation is 2. The van der Waals surface area contributed by atoms with Gasteiger partial charge in [0.15, 0.2) is 0 Å². The van der Waals surface area contributed by atoms with Gasteiger partial charge >= 0.3 is 6.03 Å². The Labute approximate surface area is 165 Å². The molecule has 3 N–H and O–H groups in total. The summed E-state index contributed by atoms with van der Waals surface area (Å²) in [5.74, 6) is 0.579. The second-order valence-electron chi connectivity index (χ2n) is 6.87. The van der Waals surface area contributed by atoms with E-state index in [1.54, 1.807) is 6.92 Å². The van der Waals surface area contributed by atoms with E-state index in [4.69, 9.17) is 0 Å². The van der Waals surface area contributed by atoms with Crippen molar-refractivity contribution in [3.05, 3.63) is 26.6 Å². The van der Waals surface area contributed by atoms with Gasteiger partial charge in [0.2, 0.25) is 5.91 Å². The zero-order valence-electron chi connectivity index (χ0n) is 15.7. The lowest BCUT2D eigenvalue weighted by molar-refractivity contribution is -0.119. The van der Waals surface area contributed by atoms with Crippen molar-refractivity contribution in [1.29, 1.82) is 0 Å². The molecule has 1 fully saturated rings. The summed E-state index contributed by atoms with van der Waals surface area (Å²) < 4.78 is 0. The van der Waals surface area contributed by atoms with Gasteiger partial charge < -0.3 is 10.3 Å². The summed E-state index contributed by atoms with van der Waals surface area (Å²) >= 11 is 2.83. The topological polar surface area (TPSA) is 104 Å². The van der Waals surface area contributed by atoms with E-state index >= 15 is 0 Å². The van der Waals surface area contributed by atoms with Crippen molar-refractivity contribution < 1.29 is 9.59 Å². The predicted molar refractivity (Wildman–Crippen MR) is 109 cm³/mol. The van der Waals surface area contributed by atoms with Crippen molar-refractivity contribution in [2.45, 2.75) is 63.5 Å². The van der Waals surface area contributed by atoms with E-state index in [1.807, 2.05) is 13.8 Å². The Hall–Kier alpha value is -1.87. The molecule has 3 rings (SSSR count). The van der Waals surface area contributed by atoms with Crippen LogP contribution in [0.4, 0.5) is 4.79 Å². The number of imide groups is 1. The van der Waals surface area contributed by atoms with Crippen molar-refractivity contribution in [2.24, 2.45) is 0 Å². The molecule has 0 spiro atoms. The molecule has 9 heteroatoms. The number of fused-ring (bicyclic) bond motifs is 1. The fourth-order valence-corrected chi connectivity index (χ4v) is 4.96. The van der Waals surface area contributed by atoms with E-state index in [0.29, 0.717) is 17.0 Å². The first kappa shape index (κ1) is 19.9. The van der Waals surface area contributed by atoms with E-state index in [2.05, 4.69) is 20.6 Å². The zero-order valence-corrected chi connectivity index (χ0v) is 17.3. The van der Waals surface area contributed by atoms with Crippen LogP contribution in [0.3, 0.4) is 0 Å². The summed E-state index contributed by atoms with van der Waals surface area (Å²) in [5, 5.41) is 5.43. The number of H-pyrrole nitrogens is 1. The molecule has 27 heavy (non-hydrogen) atoms. The number of rotatable bonds is 5. The molecular weight excluding hydrogens is 384 g/mol. The van der Waals surface area contributed by atoms with Gasteiger partial charge in [-0.25, -0.2) is 9.78 Å². The van der Waals surface area contributed by atoms with Gasteiger partial charge in [0.25, 0.3) is 5.56 Å². The van der Waals surface area contributed by atoms with E-state index in [1.165, 1.54) is 23.1 Å². The van der Waals surface area contributed by atoms with Gasteiger partial charge in [-0.05, 0) is 39.2 Å². The summed E-state index contributed by atoms with van der Waals surface area (Å²) in [6.45, 7) is 5.63. The second kappa shape index (κ2) is 8.43. The van der Waals surface area contributed by atoms with Crippen LogP contribution in [0.2, 0.25) is 0 Å². The van der Waals surface area contributed by atoms with Crippen LogP contribution in [-0.4, -0.2) is 33.2 Å². The van der Waals surface area contributed by atoms with Crippen LogP contribution < -0.4 is 16.2 Å². The zero-order chi connectivity index (χ0) is 19.6. The molecule has 1 aliphatic carbocycles. The minimum absolute atomic E-state index is 0.148. The molecular formula is C18H24N4O3S2. The molecule has 0 aliphatic heterocycles. The monoisotopic (exact) mass is 408 g/mol. The molecule has 146 valence electrons. The molecule has 0 radical (unpaired) electrons. The summed E-state index contributed by atoms with van der Waals surface area (Å²) in [4.78, 5) is 45.5. The summed E-state index contributed by atoms with van der Waals surface area (Å²) in [6, 6.07) is -0.267. The lowest BCUT2D eigenvalue weighted by Crippen LogP contribution is -2.45. The number of carbonyl (C=O) groups excluding carboxylic acids is 2. The second-order valence-corrected chi connectivity index (χ2v) is 9.41. The number of aromatic nitrogens is 2. The van der Waals surface area contributed by atoms with Gasteiger partial charge in [-0.15, -0.1) is 23.1 Å². The summed E-state index contributed by atoms with van der Waals surface area (Å²) in [5.41, 5.74) is 0.814. The Morgan fingerprint density at radius 1 is 1.33 bits per heavy atom. The largest absolute Gasteiger partial charge is 0.335 e. The highest BCUT2D eigenvalue weighted by Crippen LogP contribution is 2.26. The Kier molecular flexibility index (Phi) is 6.21. The third kappa shape index (κ3) is 4.70. The maximum atomic E-state index is 12.3. The van der Waals surface area contributed by atoms with Crippen LogP contribution in [0.5, 0.6) is 0 Å². The summed E-state index contributed by atoms with van der Waals surface area (Å²) in [7, 11) is 0. The third-order valence-electron chi connectivity index (χ3n) is 4.85. The Morgan fingerprint density at radius 2 is 2.04 bits per heavy atom. The molecule has 0 saturated heterocycles. The Balaban J connectivity index is 1.55. The van der Waals surface area contributed by atoms with Crippen LogP contribution in [-0.2, 0) is 10.5 Å². The quantitative estimate of drug-likeness (QED) is 0.706. The van der Waals surface area contributed by atoms with Crippen LogP contribution >= 0.6 is 23.1 Å². The molecule has 2 aromatic heterocycles. The number of urea groups is 1. The van der Waals surface area contributed by atoms with Crippen molar-refractivity contribution in [3.8, 4) is 0 Å². The first-order chi connectivity index (χ1) is 12.8. The fourth-order valence-electron chi connectivity index (χ4n) is 3.15. The number of hydrogen-bond acceptors (Lipinski definition) is 6. The number of hydrogen-bond donors (Lipinski definition) is 3. The average molecular weight is 409 g/mol. The lowest BCUT2D eigenvalue weighted by atomic mass is 10.2. The third-order valence-corrected chi connectivity index (χ3v) is 7.11. The van der Waals surface area contributed by atoms with Crippen LogP contribution in [0, 0.1) is 13.8 Å². The van der Waals surface area contributed by atoms with Gasteiger partial charge in [0, 0.05) is 10.9 Å². The maximum Gasteiger partial charge on any atom is 0.321 e. The maximum absolute atomic E-state index is 12.3. The standard InChI is InChI=1S/C18H24N4O3S2/c1-9-10(2)27-17-14(9)16(24)20-13(21-17)8-26-11(3)15(23)22-18(25)19-12-6-4-5-7-12/h11-12H,4-8H2,1-3H3,(H,20,21,24)(H2,19,22,23,25)/t11-/m0/s1. The molecule has 1 saturated carbocycles. The number of amides is 3. The molecule has 1 aliphatic rings. The van der Waals surface area contributed by atoms with Crippen molar-refractivity contribution in [2.75, 3.05) is 0 Å². The molecule has 0 bridgehead atoms. The van der Waals surface area contributed by atoms with Crippen molar-refractivity contribution in [3.63, 3.8) is 0 Å². The Bertz CT molecular complexity index is 915. The normalized spacial score (nSPS) is 15.8. The molecule has 7 nitrogen and oxygen atoms in total. The number of nitrogens with zero attached hydrogens (tertiary/aromatic N) is 1. The van der Waals surface area contributed by atoms with Crippen molar-refractivity contribution in [1.82, 2.24) is 20.6 Å². The van der Waals surface area contributed by atoms with Crippen LogP contribution in [0.15, 0.2) is 4.79 Å². The van der Waals surface area contributed by atoms with Gasteiger partial charge in [0.1, 0.15) is 10.7 Å². The number of thiophene rings is 1. The predicted octanol–water partition coefficient (Wildman–Crippen LogP) is 2.99. The van der Waals surface area contributed by atoms with Gasteiger partial charge in [-0.3, -0.25) is 14.9 Å². The van der Waals surface area contributed by atoms with Gasteiger partial charge in [-0.2, -0.15) is 0 Å². The number of carbonyl (C=O) groups is 2. The minimum Gasteiger partial charge on any atom is -0.335 e. The highest BCUT2D eigenvalue weighted by molar-refractivity contribution is 7.99. The molecule has 0 aromatic carbocycles. The minimum atomic E-state index is -0.438. The highest BCUT2D eigenvalue weighted by Gasteiger charge is 2.21. The van der Waals surface area contributed by atoms with E-state index in [-0.39, 0.29) is 17.5 Å². The molecule has 2 aromatic rings. The molecule has 2 heterocycles. The Morgan fingerprint density at radius 3 is 2.74 bits per heavy atom. The number of thioether (sulfide) groups is 1. The molecule has 3 amide bonds. The van der Waals surface area contributed by atoms with Gasteiger partial charge in [-0.1, -0.05) is 12.8 Å². The number of aromatic amines is 1. The first-order valence-corrected chi connectivity index (χ1v) is 10.9. The smallest absolute Gasteiger partial charge is 0.321 e. The molecule has 0 unspecified atom stereocenters. The van der Waals surface area contributed by atoms with E-state index in [9.17, 15) is 14.4 Å². The fraction of sp³-hybridized carbons (Fsp3) is 0.556. The van der Waals surface area contributed by atoms with E-state index in [0.717, 1.165) is 41.0 Å².